The third-order valence-electron chi connectivity index (χ3n) is 3.20. The summed E-state index contributed by atoms with van der Waals surface area (Å²) in [5.41, 5.74) is 5.82. The number of likely N-dealkylation sites (tertiary alicyclic amines) is 1. The van der Waals surface area contributed by atoms with Crippen LogP contribution in [0.4, 0.5) is 0 Å². The average molecular weight is 242 g/mol. The highest BCUT2D eigenvalue weighted by Crippen LogP contribution is 2.18. The van der Waals surface area contributed by atoms with Gasteiger partial charge in [-0.15, -0.1) is 0 Å². The van der Waals surface area contributed by atoms with Gasteiger partial charge in [-0.3, -0.25) is 4.79 Å². The first-order valence-electron chi connectivity index (χ1n) is 6.34. The van der Waals surface area contributed by atoms with Crippen LogP contribution in [0.1, 0.15) is 45.4 Å². The van der Waals surface area contributed by atoms with Crippen molar-refractivity contribution in [1.82, 2.24) is 4.90 Å². The third kappa shape index (κ3) is 4.00. The number of amides is 1. The monoisotopic (exact) mass is 242 g/mol. The fraction of sp³-hybridized carbons (Fsp3) is 0.833. The summed E-state index contributed by atoms with van der Waals surface area (Å²) in [6.45, 7) is 2.57. The van der Waals surface area contributed by atoms with Crippen molar-refractivity contribution in [2.45, 2.75) is 57.5 Å². The zero-order valence-electron chi connectivity index (χ0n) is 10.4. The lowest BCUT2D eigenvalue weighted by Crippen LogP contribution is -2.49. The van der Waals surface area contributed by atoms with Gasteiger partial charge in [-0.2, -0.15) is 0 Å². The lowest BCUT2D eigenvalue weighted by molar-refractivity contribution is -0.152. The molecule has 0 saturated carbocycles. The van der Waals surface area contributed by atoms with Crippen LogP contribution in [0.25, 0.3) is 0 Å². The molecule has 0 spiro atoms. The predicted octanol–water partition coefficient (Wildman–Crippen LogP) is 0.970. The fourth-order valence-corrected chi connectivity index (χ4v) is 2.30. The number of carboxylic acids is 1. The number of nitrogens with two attached hydrogens (primary N) is 1. The first-order valence-corrected chi connectivity index (χ1v) is 6.34. The molecule has 3 N–H and O–H groups in total. The van der Waals surface area contributed by atoms with E-state index in [-0.39, 0.29) is 18.4 Å². The van der Waals surface area contributed by atoms with Gasteiger partial charge < -0.3 is 15.7 Å². The smallest absolute Gasteiger partial charge is 0.326 e. The van der Waals surface area contributed by atoms with Gasteiger partial charge in [-0.05, 0) is 25.7 Å². The van der Waals surface area contributed by atoms with Crippen molar-refractivity contribution in [3.8, 4) is 0 Å². The van der Waals surface area contributed by atoms with E-state index < -0.39 is 12.0 Å². The lowest BCUT2D eigenvalue weighted by atomic mass is 10.0. The number of rotatable bonds is 5. The molecular weight excluding hydrogens is 220 g/mol. The van der Waals surface area contributed by atoms with E-state index in [0.29, 0.717) is 13.0 Å². The van der Waals surface area contributed by atoms with Crippen LogP contribution in [0.3, 0.4) is 0 Å². The molecule has 0 aromatic rings. The van der Waals surface area contributed by atoms with Crippen LogP contribution in [-0.2, 0) is 9.59 Å². The van der Waals surface area contributed by atoms with Gasteiger partial charge in [0.15, 0.2) is 0 Å². The van der Waals surface area contributed by atoms with Crippen molar-refractivity contribution in [2.24, 2.45) is 5.73 Å². The fourth-order valence-electron chi connectivity index (χ4n) is 2.30. The molecule has 1 heterocycles. The molecule has 2 atom stereocenters. The second-order valence-electron chi connectivity index (χ2n) is 4.69. The van der Waals surface area contributed by atoms with Crippen molar-refractivity contribution in [1.29, 1.82) is 0 Å². The van der Waals surface area contributed by atoms with Gasteiger partial charge in [0.05, 0.1) is 0 Å². The molecule has 1 amide bonds. The van der Waals surface area contributed by atoms with Gasteiger partial charge in [-0.1, -0.05) is 13.3 Å². The molecule has 0 radical (unpaired) electrons. The highest BCUT2D eigenvalue weighted by atomic mass is 16.4. The molecular formula is C12H22N2O3. The van der Waals surface area contributed by atoms with Gasteiger partial charge in [0.1, 0.15) is 6.04 Å². The zero-order valence-corrected chi connectivity index (χ0v) is 10.4. The number of hydrogen-bond donors (Lipinski definition) is 2. The Morgan fingerprint density at radius 1 is 1.47 bits per heavy atom. The van der Waals surface area contributed by atoms with E-state index >= 15 is 0 Å². The normalized spacial score (nSPS) is 22.2. The van der Waals surface area contributed by atoms with Crippen molar-refractivity contribution in [3.63, 3.8) is 0 Å². The van der Waals surface area contributed by atoms with Crippen LogP contribution in [-0.4, -0.2) is 40.5 Å². The Hall–Kier alpha value is -1.10. The summed E-state index contributed by atoms with van der Waals surface area (Å²) < 4.78 is 0. The quantitative estimate of drug-likeness (QED) is 0.752. The van der Waals surface area contributed by atoms with E-state index in [1.165, 1.54) is 4.90 Å². The Morgan fingerprint density at radius 2 is 2.18 bits per heavy atom. The molecule has 17 heavy (non-hydrogen) atoms. The molecule has 0 aromatic carbocycles. The average Bonchev–Trinajstić information content (AvgIpc) is 2.29. The molecule has 1 aliphatic heterocycles. The molecule has 5 nitrogen and oxygen atoms in total. The molecule has 0 bridgehead atoms. The maximum Gasteiger partial charge on any atom is 0.326 e. The maximum absolute atomic E-state index is 12.0. The number of aliphatic carboxylic acids is 1. The summed E-state index contributed by atoms with van der Waals surface area (Å²) in [6.07, 6.45) is 4.33. The minimum atomic E-state index is -0.901. The predicted molar refractivity (Wildman–Crippen MR) is 64.5 cm³/mol. The summed E-state index contributed by atoms with van der Waals surface area (Å²) in [6, 6.07) is -0.797. The van der Waals surface area contributed by atoms with Crippen LogP contribution in [0, 0.1) is 0 Å². The highest BCUT2D eigenvalue weighted by Gasteiger charge is 2.32. The molecule has 1 saturated heterocycles. The molecule has 2 unspecified atom stereocenters. The second kappa shape index (κ2) is 6.59. The minimum absolute atomic E-state index is 0.113. The van der Waals surface area contributed by atoms with E-state index in [1.807, 2.05) is 6.92 Å². The van der Waals surface area contributed by atoms with Crippen molar-refractivity contribution in [2.75, 3.05) is 6.54 Å². The third-order valence-corrected chi connectivity index (χ3v) is 3.20. The molecule has 0 aromatic heterocycles. The van der Waals surface area contributed by atoms with E-state index in [0.717, 1.165) is 25.7 Å². The Morgan fingerprint density at radius 3 is 2.76 bits per heavy atom. The van der Waals surface area contributed by atoms with Gasteiger partial charge in [0.2, 0.25) is 5.91 Å². The standard InChI is InChI=1S/C12H22N2O3/c1-2-5-9(13)8-11(15)14-7-4-3-6-10(14)12(16)17/h9-10H,2-8,13H2,1H3,(H,16,17). The molecule has 1 rings (SSSR count). The van der Waals surface area contributed by atoms with E-state index in [4.69, 9.17) is 10.8 Å². The number of carbonyl (C=O) groups is 2. The van der Waals surface area contributed by atoms with Crippen molar-refractivity contribution >= 4 is 11.9 Å². The molecule has 1 fully saturated rings. The first kappa shape index (κ1) is 14.0. The summed E-state index contributed by atoms with van der Waals surface area (Å²) in [7, 11) is 0. The Labute approximate surface area is 102 Å². The van der Waals surface area contributed by atoms with Crippen LogP contribution >= 0.6 is 0 Å². The van der Waals surface area contributed by atoms with Gasteiger partial charge >= 0.3 is 5.97 Å². The van der Waals surface area contributed by atoms with Crippen LogP contribution in [0.5, 0.6) is 0 Å². The molecule has 5 heteroatoms. The minimum Gasteiger partial charge on any atom is -0.480 e. The van der Waals surface area contributed by atoms with Crippen molar-refractivity contribution < 1.29 is 14.7 Å². The number of piperidine rings is 1. The molecule has 0 aliphatic carbocycles. The van der Waals surface area contributed by atoms with Crippen LogP contribution in [0.2, 0.25) is 0 Å². The van der Waals surface area contributed by atoms with E-state index in [1.54, 1.807) is 0 Å². The maximum atomic E-state index is 12.0. The van der Waals surface area contributed by atoms with Gasteiger partial charge in [0.25, 0.3) is 0 Å². The zero-order chi connectivity index (χ0) is 12.8. The van der Waals surface area contributed by atoms with Gasteiger partial charge in [0, 0.05) is 19.0 Å². The summed E-state index contributed by atoms with van der Waals surface area (Å²) >= 11 is 0. The Bertz CT molecular complexity index is 281. The van der Waals surface area contributed by atoms with Gasteiger partial charge in [-0.25, -0.2) is 4.79 Å². The van der Waals surface area contributed by atoms with E-state index in [2.05, 4.69) is 0 Å². The van der Waals surface area contributed by atoms with E-state index in [9.17, 15) is 9.59 Å². The topological polar surface area (TPSA) is 83.6 Å². The molecule has 98 valence electrons. The summed E-state index contributed by atoms with van der Waals surface area (Å²) in [4.78, 5) is 24.5. The lowest BCUT2D eigenvalue weighted by Gasteiger charge is -2.33. The number of hydrogen-bond acceptors (Lipinski definition) is 3. The highest BCUT2D eigenvalue weighted by molar-refractivity contribution is 5.84. The Kier molecular flexibility index (Phi) is 5.41. The summed E-state index contributed by atoms with van der Waals surface area (Å²) in [5.74, 6) is -1.01. The second-order valence-corrected chi connectivity index (χ2v) is 4.69. The number of carbonyl (C=O) groups excluding carboxylic acids is 1. The number of carboxylic acid groups (broad SMARTS) is 1. The Balaban J connectivity index is 2.56. The van der Waals surface area contributed by atoms with Crippen molar-refractivity contribution in [3.05, 3.63) is 0 Å². The SMILES string of the molecule is CCCC(N)CC(=O)N1CCCCC1C(=O)O. The van der Waals surface area contributed by atoms with Crippen LogP contribution in [0.15, 0.2) is 0 Å². The van der Waals surface area contributed by atoms with Crippen LogP contribution < -0.4 is 5.73 Å². The molecule has 1 aliphatic rings. The largest absolute Gasteiger partial charge is 0.480 e. The first-order chi connectivity index (χ1) is 8.06. The number of nitrogens with zero attached hydrogens (tertiary/aromatic N) is 1. The summed E-state index contributed by atoms with van der Waals surface area (Å²) in [5, 5.41) is 9.07.